The molecule has 1 fully saturated rings. The number of aryl methyl sites for hydroxylation is 1. The van der Waals surface area contributed by atoms with Crippen LogP contribution in [0.4, 0.5) is 4.39 Å². The highest BCUT2D eigenvalue weighted by Crippen LogP contribution is 2.18. The molecule has 1 aliphatic rings. The molecule has 0 aliphatic carbocycles. The average molecular weight is 236 g/mol. The minimum absolute atomic E-state index is 0.107. The van der Waals surface area contributed by atoms with E-state index in [0.717, 1.165) is 31.6 Å². The highest BCUT2D eigenvalue weighted by atomic mass is 19.1. The first kappa shape index (κ1) is 12.5. The van der Waals surface area contributed by atoms with Gasteiger partial charge in [0, 0.05) is 19.1 Å². The summed E-state index contributed by atoms with van der Waals surface area (Å²) < 4.78 is 13.4. The van der Waals surface area contributed by atoms with E-state index in [9.17, 15) is 4.39 Å². The van der Waals surface area contributed by atoms with Crippen molar-refractivity contribution in [1.29, 1.82) is 0 Å². The molecule has 2 unspecified atom stereocenters. The molecule has 0 aromatic heterocycles. The summed E-state index contributed by atoms with van der Waals surface area (Å²) in [4.78, 5) is 2.36. The molecule has 2 atom stereocenters. The molecule has 1 aliphatic heterocycles. The fraction of sp³-hybridized carbons (Fsp3) is 0.571. The van der Waals surface area contributed by atoms with Crippen LogP contribution in [0.2, 0.25) is 0 Å². The van der Waals surface area contributed by atoms with Gasteiger partial charge in [0.05, 0.1) is 0 Å². The largest absolute Gasteiger partial charge is 0.327 e. The van der Waals surface area contributed by atoms with Crippen LogP contribution in [0.25, 0.3) is 0 Å². The summed E-state index contributed by atoms with van der Waals surface area (Å²) in [6.45, 7) is 6.83. The predicted octanol–water partition coefficient (Wildman–Crippen LogP) is 2.30. The SMILES string of the molecule is Cc1ccc(CN2CCC(N)C(C)C2)cc1F. The molecule has 0 bridgehead atoms. The van der Waals surface area contributed by atoms with Gasteiger partial charge >= 0.3 is 0 Å². The zero-order valence-corrected chi connectivity index (χ0v) is 10.6. The van der Waals surface area contributed by atoms with E-state index in [1.54, 1.807) is 13.0 Å². The minimum atomic E-state index is -0.107. The third-order valence-electron chi connectivity index (χ3n) is 3.70. The summed E-state index contributed by atoms with van der Waals surface area (Å²) in [6, 6.07) is 5.83. The fourth-order valence-corrected chi connectivity index (χ4v) is 2.39. The predicted molar refractivity (Wildman–Crippen MR) is 68.2 cm³/mol. The number of nitrogens with two attached hydrogens (primary N) is 1. The van der Waals surface area contributed by atoms with Crippen molar-refractivity contribution in [1.82, 2.24) is 4.90 Å². The molecule has 1 aromatic rings. The Kier molecular flexibility index (Phi) is 3.79. The number of piperidine rings is 1. The molecular weight excluding hydrogens is 215 g/mol. The second-order valence-corrected chi connectivity index (χ2v) is 5.25. The molecule has 3 heteroatoms. The number of halogens is 1. The fourth-order valence-electron chi connectivity index (χ4n) is 2.39. The summed E-state index contributed by atoms with van der Waals surface area (Å²) in [5.74, 6) is 0.420. The van der Waals surface area contributed by atoms with Crippen LogP contribution in [0.1, 0.15) is 24.5 Å². The van der Waals surface area contributed by atoms with E-state index >= 15 is 0 Å². The van der Waals surface area contributed by atoms with Gasteiger partial charge in [-0.3, -0.25) is 4.90 Å². The maximum atomic E-state index is 13.4. The van der Waals surface area contributed by atoms with Crippen molar-refractivity contribution < 1.29 is 4.39 Å². The second kappa shape index (κ2) is 5.15. The zero-order chi connectivity index (χ0) is 12.4. The van der Waals surface area contributed by atoms with E-state index in [1.165, 1.54) is 0 Å². The molecule has 0 saturated carbocycles. The van der Waals surface area contributed by atoms with Crippen LogP contribution in [0.15, 0.2) is 18.2 Å². The van der Waals surface area contributed by atoms with Crippen molar-refractivity contribution in [3.63, 3.8) is 0 Å². The number of benzene rings is 1. The monoisotopic (exact) mass is 236 g/mol. The van der Waals surface area contributed by atoms with Crippen molar-refractivity contribution in [3.8, 4) is 0 Å². The van der Waals surface area contributed by atoms with Gasteiger partial charge in [-0.05, 0) is 43.0 Å². The van der Waals surface area contributed by atoms with E-state index in [0.29, 0.717) is 17.5 Å². The van der Waals surface area contributed by atoms with E-state index in [1.807, 2.05) is 12.1 Å². The Morgan fingerprint density at radius 2 is 2.24 bits per heavy atom. The third kappa shape index (κ3) is 3.05. The van der Waals surface area contributed by atoms with Gasteiger partial charge in [-0.25, -0.2) is 4.39 Å². The van der Waals surface area contributed by atoms with Crippen LogP contribution in [0.3, 0.4) is 0 Å². The Morgan fingerprint density at radius 1 is 1.47 bits per heavy atom. The molecule has 1 aromatic carbocycles. The van der Waals surface area contributed by atoms with Crippen molar-refractivity contribution >= 4 is 0 Å². The van der Waals surface area contributed by atoms with Gasteiger partial charge in [0.25, 0.3) is 0 Å². The Morgan fingerprint density at radius 3 is 2.88 bits per heavy atom. The van der Waals surface area contributed by atoms with Gasteiger partial charge in [0.15, 0.2) is 0 Å². The van der Waals surface area contributed by atoms with Crippen molar-refractivity contribution in [2.75, 3.05) is 13.1 Å². The Balaban J connectivity index is 1.99. The molecule has 1 saturated heterocycles. The van der Waals surface area contributed by atoms with E-state index in [-0.39, 0.29) is 5.82 Å². The third-order valence-corrected chi connectivity index (χ3v) is 3.70. The summed E-state index contributed by atoms with van der Waals surface area (Å²) in [6.07, 6.45) is 1.04. The lowest BCUT2D eigenvalue weighted by atomic mass is 9.94. The summed E-state index contributed by atoms with van der Waals surface area (Å²) in [5, 5.41) is 0. The Hall–Kier alpha value is -0.930. The van der Waals surface area contributed by atoms with Gasteiger partial charge in [-0.15, -0.1) is 0 Å². The summed E-state index contributed by atoms with van der Waals surface area (Å²) in [7, 11) is 0. The first-order valence-electron chi connectivity index (χ1n) is 6.29. The number of likely N-dealkylation sites (tertiary alicyclic amines) is 1. The van der Waals surface area contributed by atoms with Crippen LogP contribution in [-0.4, -0.2) is 24.0 Å². The molecule has 2 rings (SSSR count). The normalized spacial score (nSPS) is 26.1. The lowest BCUT2D eigenvalue weighted by Crippen LogP contribution is -2.45. The van der Waals surface area contributed by atoms with Crippen LogP contribution in [-0.2, 0) is 6.54 Å². The van der Waals surface area contributed by atoms with Crippen molar-refractivity contribution in [2.24, 2.45) is 11.7 Å². The quantitative estimate of drug-likeness (QED) is 0.853. The van der Waals surface area contributed by atoms with E-state index < -0.39 is 0 Å². The number of hydrogen-bond acceptors (Lipinski definition) is 2. The lowest BCUT2D eigenvalue weighted by molar-refractivity contribution is 0.157. The maximum absolute atomic E-state index is 13.4. The van der Waals surface area contributed by atoms with Gasteiger partial charge in [0.2, 0.25) is 0 Å². The molecule has 0 spiro atoms. The van der Waals surface area contributed by atoms with Crippen LogP contribution in [0.5, 0.6) is 0 Å². The van der Waals surface area contributed by atoms with Crippen LogP contribution in [0, 0.1) is 18.7 Å². The molecular formula is C14H21FN2. The van der Waals surface area contributed by atoms with Crippen LogP contribution < -0.4 is 5.73 Å². The van der Waals surface area contributed by atoms with Crippen molar-refractivity contribution in [3.05, 3.63) is 35.1 Å². The Labute approximate surface area is 103 Å². The Bertz CT molecular complexity index is 392. The number of nitrogens with zero attached hydrogens (tertiary/aromatic N) is 1. The lowest BCUT2D eigenvalue weighted by Gasteiger charge is -2.35. The molecule has 1 heterocycles. The molecule has 2 N–H and O–H groups in total. The molecule has 17 heavy (non-hydrogen) atoms. The first-order chi connectivity index (χ1) is 8.06. The highest BCUT2D eigenvalue weighted by molar-refractivity contribution is 5.23. The zero-order valence-electron chi connectivity index (χ0n) is 10.6. The molecule has 0 amide bonds. The topological polar surface area (TPSA) is 29.3 Å². The van der Waals surface area contributed by atoms with Gasteiger partial charge in [-0.2, -0.15) is 0 Å². The van der Waals surface area contributed by atoms with Crippen molar-refractivity contribution in [2.45, 2.75) is 32.9 Å². The van der Waals surface area contributed by atoms with Gasteiger partial charge in [-0.1, -0.05) is 19.1 Å². The van der Waals surface area contributed by atoms with E-state index in [4.69, 9.17) is 5.73 Å². The molecule has 2 nitrogen and oxygen atoms in total. The van der Waals surface area contributed by atoms with Crippen LogP contribution >= 0.6 is 0 Å². The highest BCUT2D eigenvalue weighted by Gasteiger charge is 2.22. The second-order valence-electron chi connectivity index (χ2n) is 5.25. The van der Waals surface area contributed by atoms with E-state index in [2.05, 4.69) is 11.8 Å². The summed E-state index contributed by atoms with van der Waals surface area (Å²) >= 11 is 0. The number of rotatable bonds is 2. The first-order valence-corrected chi connectivity index (χ1v) is 6.29. The van der Waals surface area contributed by atoms with Gasteiger partial charge in [0.1, 0.15) is 5.82 Å². The molecule has 94 valence electrons. The minimum Gasteiger partial charge on any atom is -0.327 e. The smallest absolute Gasteiger partial charge is 0.126 e. The number of hydrogen-bond donors (Lipinski definition) is 1. The molecule has 0 radical (unpaired) electrons. The average Bonchev–Trinajstić information content (AvgIpc) is 2.29. The summed E-state index contributed by atoms with van der Waals surface area (Å²) in [5.41, 5.74) is 7.75. The standard InChI is InChI=1S/C14H21FN2/c1-10-3-4-12(7-13(10)15)9-17-6-5-14(16)11(2)8-17/h3-4,7,11,14H,5-6,8-9,16H2,1-2H3. The maximum Gasteiger partial charge on any atom is 0.126 e. The van der Waals surface area contributed by atoms with Gasteiger partial charge < -0.3 is 5.73 Å².